The topological polar surface area (TPSA) is 125 Å². The molecule has 0 amide bonds. The lowest BCUT2D eigenvalue weighted by Gasteiger charge is -2.38. The number of piperidine rings is 2. The number of likely N-dealkylation sites (tertiary alicyclic amines) is 2. The summed E-state index contributed by atoms with van der Waals surface area (Å²) in [7, 11) is 0. The van der Waals surface area contributed by atoms with Gasteiger partial charge in [0, 0.05) is 25.2 Å². The quantitative estimate of drug-likeness (QED) is 0.222. The van der Waals surface area contributed by atoms with Crippen molar-refractivity contribution in [3.63, 3.8) is 0 Å². The highest BCUT2D eigenvalue weighted by Crippen LogP contribution is 2.41. The van der Waals surface area contributed by atoms with E-state index in [9.17, 15) is 4.39 Å². The molecular formula is C42H44ClFN6O2. The lowest BCUT2D eigenvalue weighted by Crippen LogP contribution is -2.49. The number of ether oxygens (including phenoxy) is 2. The molecule has 2 aliphatic carbocycles. The van der Waals surface area contributed by atoms with Gasteiger partial charge in [0.1, 0.15) is 18.0 Å². The highest BCUT2D eigenvalue weighted by Gasteiger charge is 2.41. The number of hydrogen-bond donors (Lipinski definition) is 2. The summed E-state index contributed by atoms with van der Waals surface area (Å²) >= 11 is 6.36. The molecule has 4 aliphatic rings. The van der Waals surface area contributed by atoms with Crippen LogP contribution in [-0.4, -0.2) is 60.1 Å². The normalized spacial score (nSPS) is 25.5. The van der Waals surface area contributed by atoms with Gasteiger partial charge in [-0.15, -0.1) is 0 Å². The van der Waals surface area contributed by atoms with Crippen LogP contribution in [0.25, 0.3) is 0 Å². The highest BCUT2D eigenvalue weighted by molar-refractivity contribution is 6.32. The predicted molar refractivity (Wildman–Crippen MR) is 199 cm³/mol. The Kier molecular flexibility index (Phi) is 11.1. The number of benzene rings is 4. The van der Waals surface area contributed by atoms with Crippen molar-refractivity contribution >= 4 is 11.6 Å². The molecule has 8 rings (SSSR count). The van der Waals surface area contributed by atoms with Crippen LogP contribution in [0.4, 0.5) is 4.39 Å². The number of nitrogens with two attached hydrogens (primary N) is 2. The van der Waals surface area contributed by atoms with Gasteiger partial charge in [-0.05, 0) is 110 Å². The fourth-order valence-electron chi connectivity index (χ4n) is 8.29. The smallest absolute Gasteiger partial charge is 0.166 e. The number of halogens is 2. The average Bonchev–Trinajstić information content (AvgIpc) is 3.72. The SMILES string of the molecule is N#Cc1ccc(O[C@@H]2c3ccccc3C[C@H]2N2CCC[C@H](N)C2)c(Cl)c1.N#Cc1ccc(O[C@@H]2c3ccccc3C[C@H]2N2CCC[C@H](N)C2)c(F)c1. The number of hydrogen-bond acceptors (Lipinski definition) is 8. The van der Waals surface area contributed by atoms with Gasteiger partial charge in [0.05, 0.1) is 40.4 Å². The van der Waals surface area contributed by atoms with Crippen LogP contribution in [0.5, 0.6) is 11.5 Å². The molecule has 8 nitrogen and oxygen atoms in total. The van der Waals surface area contributed by atoms with Gasteiger partial charge in [-0.1, -0.05) is 60.1 Å². The zero-order chi connectivity index (χ0) is 36.2. The van der Waals surface area contributed by atoms with Crippen LogP contribution in [0.3, 0.4) is 0 Å². The van der Waals surface area contributed by atoms with Crippen LogP contribution in [0.15, 0.2) is 84.9 Å². The summed E-state index contributed by atoms with van der Waals surface area (Å²) in [5.74, 6) is 0.318. The molecule has 2 heterocycles. The van der Waals surface area contributed by atoms with Gasteiger partial charge in [0.2, 0.25) is 0 Å². The largest absolute Gasteiger partial charge is 0.482 e. The maximum absolute atomic E-state index is 14.4. The van der Waals surface area contributed by atoms with Gasteiger partial charge in [0.25, 0.3) is 0 Å². The van der Waals surface area contributed by atoms with E-state index in [0.717, 1.165) is 70.3 Å². The summed E-state index contributed by atoms with van der Waals surface area (Å²) in [6.45, 7) is 3.78. The molecule has 6 atom stereocenters. The Bertz CT molecular complexity index is 1840. The lowest BCUT2D eigenvalue weighted by atomic mass is 10.0. The minimum Gasteiger partial charge on any atom is -0.482 e. The van der Waals surface area contributed by atoms with Crippen LogP contribution < -0.4 is 20.9 Å². The molecule has 0 spiro atoms. The van der Waals surface area contributed by atoms with E-state index in [0.29, 0.717) is 21.9 Å². The fourth-order valence-corrected chi connectivity index (χ4v) is 8.51. The molecule has 0 radical (unpaired) electrons. The van der Waals surface area contributed by atoms with Crippen LogP contribution >= 0.6 is 11.6 Å². The van der Waals surface area contributed by atoms with E-state index in [-0.39, 0.29) is 42.1 Å². The third kappa shape index (κ3) is 7.80. The number of rotatable bonds is 6. The van der Waals surface area contributed by atoms with Crippen LogP contribution in [0.1, 0.15) is 71.3 Å². The molecule has 2 fully saturated rings. The van der Waals surface area contributed by atoms with Gasteiger partial charge < -0.3 is 20.9 Å². The standard InChI is InChI=1S/C21H22ClN3O.C21H22FN3O/c2*22-18-10-14(12-23)7-8-20(18)26-21-17-6-2-1-4-15(17)11-19(21)25-9-3-5-16(24)13-25/h2*1-2,4,6-8,10,16,19,21H,3,5,9,11,13,24H2/t2*16-,19+,21+/m00/s1. The van der Waals surface area contributed by atoms with Crippen molar-refractivity contribution in [1.29, 1.82) is 10.5 Å². The molecule has 0 bridgehead atoms. The molecule has 4 aromatic carbocycles. The Labute approximate surface area is 310 Å². The Hall–Kier alpha value is -4.48. The zero-order valence-corrected chi connectivity index (χ0v) is 29.9. The second kappa shape index (κ2) is 16.0. The first-order valence-corrected chi connectivity index (χ1v) is 18.6. The van der Waals surface area contributed by atoms with Crippen LogP contribution in [-0.2, 0) is 12.8 Å². The van der Waals surface area contributed by atoms with Crippen molar-refractivity contribution in [1.82, 2.24) is 9.80 Å². The maximum Gasteiger partial charge on any atom is 0.166 e. The number of fused-ring (bicyclic) bond motifs is 2. The van der Waals surface area contributed by atoms with E-state index in [1.807, 2.05) is 18.2 Å². The van der Waals surface area contributed by atoms with E-state index >= 15 is 0 Å². The third-order valence-corrected chi connectivity index (χ3v) is 11.1. The van der Waals surface area contributed by atoms with E-state index in [2.05, 4.69) is 52.3 Å². The van der Waals surface area contributed by atoms with Crippen LogP contribution in [0.2, 0.25) is 5.02 Å². The summed E-state index contributed by atoms with van der Waals surface area (Å²) in [4.78, 5) is 4.86. The minimum absolute atomic E-state index is 0.0815. The molecule has 0 saturated carbocycles. The number of nitrogens with zero attached hydrogens (tertiary/aromatic N) is 4. The van der Waals surface area contributed by atoms with Crippen molar-refractivity contribution in [2.45, 2.75) is 74.9 Å². The summed E-state index contributed by atoms with van der Waals surface area (Å²) in [5.41, 5.74) is 18.1. The average molecular weight is 719 g/mol. The monoisotopic (exact) mass is 718 g/mol. The van der Waals surface area contributed by atoms with E-state index in [4.69, 9.17) is 43.1 Å². The second-order valence-electron chi connectivity index (χ2n) is 14.3. The molecule has 52 heavy (non-hydrogen) atoms. The fraction of sp³-hybridized carbons (Fsp3) is 0.381. The van der Waals surface area contributed by atoms with Gasteiger partial charge in [-0.25, -0.2) is 4.39 Å². The summed E-state index contributed by atoms with van der Waals surface area (Å²) in [5, 5.41) is 18.4. The summed E-state index contributed by atoms with van der Waals surface area (Å²) in [6.07, 6.45) is 5.85. The summed E-state index contributed by atoms with van der Waals surface area (Å²) in [6, 6.07) is 31.1. The zero-order valence-electron chi connectivity index (χ0n) is 29.1. The first-order valence-electron chi connectivity index (χ1n) is 18.2. The van der Waals surface area contributed by atoms with E-state index in [1.54, 1.807) is 30.3 Å². The Morgan fingerprint density at radius 2 is 1.15 bits per heavy atom. The number of nitriles is 2. The highest BCUT2D eigenvalue weighted by atomic mass is 35.5. The van der Waals surface area contributed by atoms with Crippen molar-refractivity contribution in [3.05, 3.63) is 129 Å². The Morgan fingerprint density at radius 1 is 0.673 bits per heavy atom. The van der Waals surface area contributed by atoms with E-state index < -0.39 is 5.82 Å². The van der Waals surface area contributed by atoms with Crippen molar-refractivity contribution in [2.75, 3.05) is 26.2 Å². The van der Waals surface area contributed by atoms with Crippen molar-refractivity contribution in [3.8, 4) is 23.6 Å². The van der Waals surface area contributed by atoms with Crippen molar-refractivity contribution < 1.29 is 13.9 Å². The summed E-state index contributed by atoms with van der Waals surface area (Å²) < 4.78 is 27.0. The molecule has 268 valence electrons. The molecule has 2 saturated heterocycles. The third-order valence-electron chi connectivity index (χ3n) is 10.8. The Morgan fingerprint density at radius 3 is 1.63 bits per heavy atom. The van der Waals surface area contributed by atoms with Crippen molar-refractivity contribution in [2.24, 2.45) is 11.5 Å². The maximum atomic E-state index is 14.4. The molecule has 4 aromatic rings. The molecule has 10 heteroatoms. The van der Waals surface area contributed by atoms with Gasteiger partial charge >= 0.3 is 0 Å². The molecule has 0 aromatic heterocycles. The molecular weight excluding hydrogens is 675 g/mol. The Balaban J connectivity index is 0.000000162. The van der Waals surface area contributed by atoms with Crippen LogP contribution in [0, 0.1) is 28.5 Å². The molecule has 4 N–H and O–H groups in total. The minimum atomic E-state index is -0.498. The first kappa shape index (κ1) is 35.9. The first-order chi connectivity index (χ1) is 25.3. The van der Waals surface area contributed by atoms with Gasteiger partial charge in [0.15, 0.2) is 11.6 Å². The van der Waals surface area contributed by atoms with Gasteiger partial charge in [-0.3, -0.25) is 9.80 Å². The predicted octanol–water partition coefficient (Wildman–Crippen LogP) is 6.84. The second-order valence-corrected chi connectivity index (χ2v) is 14.7. The lowest BCUT2D eigenvalue weighted by molar-refractivity contribution is 0.0571. The molecule has 0 unspecified atom stereocenters. The van der Waals surface area contributed by atoms with E-state index in [1.165, 1.54) is 22.8 Å². The molecule has 2 aliphatic heterocycles. The van der Waals surface area contributed by atoms with Gasteiger partial charge in [-0.2, -0.15) is 10.5 Å².